The minimum atomic E-state index is -3.13. The first-order chi connectivity index (χ1) is 11.3. The van der Waals surface area contributed by atoms with Crippen LogP contribution in [0.1, 0.15) is 31.0 Å². The van der Waals surface area contributed by atoms with Gasteiger partial charge in [0.1, 0.15) is 0 Å². The number of nitrogens with one attached hydrogen (secondary N) is 1. The van der Waals surface area contributed by atoms with E-state index in [4.69, 9.17) is 0 Å². The van der Waals surface area contributed by atoms with Gasteiger partial charge in [0.15, 0.2) is 5.96 Å². The largest absolute Gasteiger partial charge is 0.357 e. The number of hydrogen-bond acceptors (Lipinski definition) is 5. The Morgan fingerprint density at radius 1 is 1.40 bits per heavy atom. The van der Waals surface area contributed by atoms with E-state index in [9.17, 15) is 8.42 Å². The van der Waals surface area contributed by atoms with Crippen molar-refractivity contribution in [1.29, 1.82) is 0 Å². The molecule has 0 unspecified atom stereocenters. The topological polar surface area (TPSA) is 77.9 Å². The number of hydrogen-bond donors (Lipinski definition) is 1. The van der Waals surface area contributed by atoms with E-state index in [1.54, 1.807) is 11.3 Å². The summed E-state index contributed by atoms with van der Waals surface area (Å²) in [5.41, 5.74) is 1.03. The molecule has 0 spiro atoms. The second-order valence-electron chi connectivity index (χ2n) is 5.56. The van der Waals surface area contributed by atoms with Gasteiger partial charge in [-0.25, -0.2) is 17.7 Å². The van der Waals surface area contributed by atoms with Crippen molar-refractivity contribution in [3.8, 4) is 0 Å². The lowest BCUT2D eigenvalue weighted by Crippen LogP contribution is -2.38. The molecule has 0 aliphatic heterocycles. The third-order valence-corrected chi connectivity index (χ3v) is 5.61. The van der Waals surface area contributed by atoms with Crippen LogP contribution >= 0.6 is 35.3 Å². The fourth-order valence-corrected chi connectivity index (χ4v) is 3.79. The van der Waals surface area contributed by atoms with Crippen molar-refractivity contribution in [3.63, 3.8) is 0 Å². The van der Waals surface area contributed by atoms with Gasteiger partial charge in [0, 0.05) is 38.6 Å². The number of halogens is 1. The number of sulfonamides is 1. The lowest BCUT2D eigenvalue weighted by atomic mass is 10.4. The van der Waals surface area contributed by atoms with Crippen molar-refractivity contribution in [2.24, 2.45) is 4.99 Å². The van der Waals surface area contributed by atoms with E-state index < -0.39 is 10.0 Å². The fourth-order valence-electron chi connectivity index (χ4n) is 2.26. The average molecular weight is 503 g/mol. The van der Waals surface area contributed by atoms with Crippen LogP contribution < -0.4 is 5.32 Å². The maximum Gasteiger partial charge on any atom is 0.211 e. The molecule has 1 N–H and O–H groups in total. The molecule has 0 aliphatic carbocycles. The van der Waals surface area contributed by atoms with Gasteiger partial charge in [0.25, 0.3) is 0 Å². The second kappa shape index (κ2) is 12.0. The quantitative estimate of drug-likeness (QED) is 0.242. The fraction of sp³-hybridized carbons (Fsp3) is 0.733. The van der Waals surface area contributed by atoms with E-state index in [1.165, 1.54) is 10.6 Å². The molecule has 0 bridgehead atoms. The van der Waals surface area contributed by atoms with Gasteiger partial charge in [-0.05, 0) is 20.3 Å². The smallest absolute Gasteiger partial charge is 0.211 e. The van der Waals surface area contributed by atoms with Crippen LogP contribution in [-0.4, -0.2) is 68.0 Å². The van der Waals surface area contributed by atoms with Crippen LogP contribution in [0.3, 0.4) is 0 Å². The summed E-state index contributed by atoms with van der Waals surface area (Å²) in [7, 11) is -1.15. The highest BCUT2D eigenvalue weighted by atomic mass is 127. The highest BCUT2D eigenvalue weighted by molar-refractivity contribution is 14.0. The van der Waals surface area contributed by atoms with Gasteiger partial charge in [-0.3, -0.25) is 4.99 Å². The van der Waals surface area contributed by atoms with Crippen LogP contribution in [0, 0.1) is 6.92 Å². The van der Waals surface area contributed by atoms with Crippen LogP contribution in [-0.2, 0) is 16.6 Å². The third-order valence-electron chi connectivity index (χ3n) is 3.41. The predicted molar refractivity (Wildman–Crippen MR) is 116 cm³/mol. The molecule has 25 heavy (non-hydrogen) atoms. The van der Waals surface area contributed by atoms with Crippen molar-refractivity contribution >= 4 is 51.3 Å². The monoisotopic (exact) mass is 503 g/mol. The average Bonchev–Trinajstić information content (AvgIpc) is 2.89. The first-order valence-electron chi connectivity index (χ1n) is 8.13. The van der Waals surface area contributed by atoms with Crippen LogP contribution in [0.4, 0.5) is 0 Å². The maximum atomic E-state index is 11.6. The number of thiazole rings is 1. The summed E-state index contributed by atoms with van der Waals surface area (Å²) in [6.45, 7) is 8.91. The van der Waals surface area contributed by atoms with Crippen molar-refractivity contribution in [1.82, 2.24) is 19.5 Å². The van der Waals surface area contributed by atoms with Gasteiger partial charge in [0.05, 0.1) is 23.5 Å². The maximum absolute atomic E-state index is 11.6. The summed E-state index contributed by atoms with van der Waals surface area (Å²) >= 11 is 1.64. The lowest BCUT2D eigenvalue weighted by molar-refractivity contribution is 0.425. The van der Waals surface area contributed by atoms with Crippen LogP contribution in [0.25, 0.3) is 0 Å². The van der Waals surface area contributed by atoms with E-state index in [0.717, 1.165) is 23.2 Å². The molecule has 0 saturated carbocycles. The first-order valence-corrected chi connectivity index (χ1v) is 10.9. The summed E-state index contributed by atoms with van der Waals surface area (Å²) in [4.78, 5) is 11.1. The summed E-state index contributed by atoms with van der Waals surface area (Å²) in [5.74, 6) is 0.811. The van der Waals surface area contributed by atoms with E-state index in [-0.39, 0.29) is 24.0 Å². The Hall–Kier alpha value is -0.460. The Morgan fingerprint density at radius 2 is 2.08 bits per heavy atom. The van der Waals surface area contributed by atoms with Crippen molar-refractivity contribution in [2.75, 3.05) is 39.5 Å². The molecule has 0 saturated heterocycles. The second-order valence-corrected chi connectivity index (χ2v) is 8.60. The van der Waals surface area contributed by atoms with Gasteiger partial charge in [-0.2, -0.15) is 0 Å². The highest BCUT2D eigenvalue weighted by Crippen LogP contribution is 2.09. The lowest BCUT2D eigenvalue weighted by Gasteiger charge is -2.21. The molecule has 1 heterocycles. The van der Waals surface area contributed by atoms with Crippen molar-refractivity contribution in [3.05, 3.63) is 16.1 Å². The Labute approximate surface area is 173 Å². The number of aliphatic imine (C=N–C) groups is 1. The van der Waals surface area contributed by atoms with Crippen LogP contribution in [0.5, 0.6) is 0 Å². The molecule has 146 valence electrons. The number of rotatable bonds is 9. The zero-order valence-corrected chi connectivity index (χ0v) is 19.6. The number of aryl methyl sites for hydroxylation is 1. The molecule has 0 aliphatic rings. The normalized spacial score (nSPS) is 12.2. The third kappa shape index (κ3) is 9.15. The zero-order chi connectivity index (χ0) is 18.2. The van der Waals surface area contributed by atoms with Crippen molar-refractivity contribution in [2.45, 2.75) is 33.7 Å². The van der Waals surface area contributed by atoms with Gasteiger partial charge in [-0.15, -0.1) is 35.3 Å². The van der Waals surface area contributed by atoms with Gasteiger partial charge in [0.2, 0.25) is 10.0 Å². The molecule has 1 rings (SSSR count). The Kier molecular flexibility index (Phi) is 11.8. The van der Waals surface area contributed by atoms with E-state index >= 15 is 0 Å². The number of aromatic nitrogens is 1. The molecule has 10 heteroatoms. The van der Waals surface area contributed by atoms with Crippen molar-refractivity contribution < 1.29 is 8.42 Å². The SMILES string of the molecule is CCNC(=NCCCN(CC)S(C)(=O)=O)N(C)Cc1csc(C)n1.I. The van der Waals surface area contributed by atoms with E-state index in [0.29, 0.717) is 32.6 Å². The predicted octanol–water partition coefficient (Wildman–Crippen LogP) is 2.14. The van der Waals surface area contributed by atoms with Gasteiger partial charge in [-0.1, -0.05) is 6.92 Å². The van der Waals surface area contributed by atoms with E-state index in [1.807, 2.05) is 32.7 Å². The number of guanidine groups is 1. The molecule has 0 fully saturated rings. The molecule has 0 amide bonds. The van der Waals surface area contributed by atoms with Crippen LogP contribution in [0.15, 0.2) is 10.4 Å². The van der Waals surface area contributed by atoms with E-state index in [2.05, 4.69) is 20.7 Å². The summed E-state index contributed by atoms with van der Waals surface area (Å²) in [5, 5.41) is 6.37. The molecule has 0 radical (unpaired) electrons. The Balaban J connectivity index is 0.00000576. The standard InChI is InChI=1S/C15H29N5O2S2.HI/c1-6-16-15(19(4)11-14-12-23-13(3)18-14)17-9-8-10-20(7-2)24(5,21)22;/h12H,6-11H2,1-5H3,(H,16,17);1H. The highest BCUT2D eigenvalue weighted by Gasteiger charge is 2.13. The Bertz CT molecular complexity index is 634. The Morgan fingerprint density at radius 3 is 2.56 bits per heavy atom. The minimum Gasteiger partial charge on any atom is -0.357 e. The van der Waals surface area contributed by atoms with Gasteiger partial charge >= 0.3 is 0 Å². The summed E-state index contributed by atoms with van der Waals surface area (Å²) in [6, 6.07) is 0. The summed E-state index contributed by atoms with van der Waals surface area (Å²) < 4.78 is 24.6. The molecular weight excluding hydrogens is 473 g/mol. The molecule has 1 aromatic heterocycles. The molecule has 1 aromatic rings. The minimum absolute atomic E-state index is 0. The molecule has 0 aromatic carbocycles. The first kappa shape index (κ1) is 24.5. The number of nitrogens with zero attached hydrogens (tertiary/aromatic N) is 4. The summed E-state index contributed by atoms with van der Waals surface area (Å²) in [6.07, 6.45) is 1.94. The van der Waals surface area contributed by atoms with Gasteiger partial charge < -0.3 is 10.2 Å². The molecule has 0 atom stereocenters. The zero-order valence-electron chi connectivity index (χ0n) is 15.7. The molecule has 7 nitrogen and oxygen atoms in total. The molecular formula is C15H30IN5O2S2. The van der Waals surface area contributed by atoms with Crippen LogP contribution in [0.2, 0.25) is 0 Å².